The van der Waals surface area contributed by atoms with Crippen LogP contribution >= 0.6 is 0 Å². The predicted octanol–water partition coefficient (Wildman–Crippen LogP) is 3.57. The van der Waals surface area contributed by atoms with Gasteiger partial charge in [-0.05, 0) is 48.4 Å². The molecule has 8 heteroatoms. The molecule has 1 N–H and O–H groups in total. The van der Waals surface area contributed by atoms with Crippen LogP contribution < -0.4 is 24.4 Å². The second-order valence-corrected chi connectivity index (χ2v) is 6.27. The van der Waals surface area contributed by atoms with Gasteiger partial charge >= 0.3 is 5.97 Å². The highest BCUT2D eigenvalue weighted by atomic mass is 16.6. The molecule has 0 saturated carbocycles. The third kappa shape index (κ3) is 6.23. The first-order valence-electron chi connectivity index (χ1n) is 9.46. The highest BCUT2D eigenvalue weighted by Crippen LogP contribution is 2.31. The fourth-order valence-corrected chi connectivity index (χ4v) is 2.54. The predicted molar refractivity (Wildman–Crippen MR) is 113 cm³/mol. The van der Waals surface area contributed by atoms with E-state index in [1.165, 1.54) is 33.6 Å². The summed E-state index contributed by atoms with van der Waals surface area (Å²) in [6.07, 6.45) is 3.68. The number of carbonyl (C=O) groups is 2. The van der Waals surface area contributed by atoms with E-state index < -0.39 is 5.97 Å². The first-order chi connectivity index (χ1) is 14.5. The molecule has 0 aromatic heterocycles. The van der Waals surface area contributed by atoms with Crippen molar-refractivity contribution in [2.75, 3.05) is 21.3 Å². The Morgan fingerprint density at radius 1 is 0.933 bits per heavy atom. The molecule has 160 valence electrons. The van der Waals surface area contributed by atoms with Crippen molar-refractivity contribution in [1.82, 2.24) is 5.43 Å². The first kappa shape index (κ1) is 22.7. The second-order valence-electron chi connectivity index (χ2n) is 6.27. The summed E-state index contributed by atoms with van der Waals surface area (Å²) < 4.78 is 21.2. The number of benzene rings is 2. The molecule has 2 aromatic carbocycles. The molecule has 0 spiro atoms. The van der Waals surface area contributed by atoms with Crippen LogP contribution in [-0.2, 0) is 4.79 Å². The summed E-state index contributed by atoms with van der Waals surface area (Å²) in [5, 5.41) is 3.93. The molecule has 30 heavy (non-hydrogen) atoms. The summed E-state index contributed by atoms with van der Waals surface area (Å²) >= 11 is 0. The van der Waals surface area contributed by atoms with Crippen LogP contribution in [0.5, 0.6) is 23.0 Å². The number of carbonyl (C=O) groups excluding carboxylic acids is 2. The number of nitrogens with zero attached hydrogens (tertiary/aromatic N) is 1. The molecule has 0 saturated heterocycles. The molecule has 0 radical (unpaired) electrons. The summed E-state index contributed by atoms with van der Waals surface area (Å²) in [4.78, 5) is 24.1. The Bertz CT molecular complexity index is 910. The van der Waals surface area contributed by atoms with Gasteiger partial charge in [0.2, 0.25) is 5.91 Å². The third-order valence-electron chi connectivity index (χ3n) is 4.17. The van der Waals surface area contributed by atoms with E-state index in [4.69, 9.17) is 18.9 Å². The molecular formula is C22H26N2O6. The Kier molecular flexibility index (Phi) is 8.68. The van der Waals surface area contributed by atoms with Crippen molar-refractivity contribution in [2.45, 2.75) is 26.2 Å². The number of nitrogens with one attached hydrogen (secondary N) is 1. The van der Waals surface area contributed by atoms with Gasteiger partial charge in [-0.2, -0.15) is 5.10 Å². The van der Waals surface area contributed by atoms with E-state index in [1.54, 1.807) is 30.3 Å². The van der Waals surface area contributed by atoms with Crippen LogP contribution in [0.3, 0.4) is 0 Å². The number of rotatable bonds is 10. The summed E-state index contributed by atoms with van der Waals surface area (Å²) in [7, 11) is 4.47. The summed E-state index contributed by atoms with van der Waals surface area (Å²) in [5.41, 5.74) is 3.45. The van der Waals surface area contributed by atoms with E-state index in [9.17, 15) is 9.59 Å². The van der Waals surface area contributed by atoms with Crippen LogP contribution in [0.15, 0.2) is 41.5 Å². The lowest BCUT2D eigenvalue weighted by Crippen LogP contribution is -2.16. The van der Waals surface area contributed by atoms with Crippen LogP contribution in [0.1, 0.15) is 42.1 Å². The molecule has 2 aromatic rings. The number of esters is 1. The van der Waals surface area contributed by atoms with Gasteiger partial charge in [0.05, 0.1) is 33.1 Å². The lowest BCUT2D eigenvalue weighted by Gasteiger charge is -2.11. The van der Waals surface area contributed by atoms with Crippen LogP contribution in [0.25, 0.3) is 0 Å². The van der Waals surface area contributed by atoms with E-state index in [-0.39, 0.29) is 11.7 Å². The average Bonchev–Trinajstić information content (AvgIpc) is 2.77. The Labute approximate surface area is 175 Å². The highest BCUT2D eigenvalue weighted by molar-refractivity contribution is 5.92. The zero-order valence-electron chi connectivity index (χ0n) is 17.6. The van der Waals surface area contributed by atoms with Gasteiger partial charge in [-0.3, -0.25) is 4.79 Å². The average molecular weight is 414 g/mol. The van der Waals surface area contributed by atoms with Gasteiger partial charge in [0.1, 0.15) is 0 Å². The zero-order valence-corrected chi connectivity index (χ0v) is 17.6. The van der Waals surface area contributed by atoms with Crippen molar-refractivity contribution >= 4 is 18.1 Å². The number of methoxy groups -OCH3 is 3. The van der Waals surface area contributed by atoms with Gasteiger partial charge in [0, 0.05) is 6.42 Å². The number of amides is 1. The maximum atomic E-state index is 12.5. The summed E-state index contributed by atoms with van der Waals surface area (Å²) in [6.45, 7) is 2.02. The lowest BCUT2D eigenvalue weighted by atomic mass is 10.2. The van der Waals surface area contributed by atoms with Gasteiger partial charge in [-0.25, -0.2) is 10.2 Å². The Morgan fingerprint density at radius 3 is 2.27 bits per heavy atom. The van der Waals surface area contributed by atoms with Crippen molar-refractivity contribution in [3.05, 3.63) is 47.5 Å². The molecule has 8 nitrogen and oxygen atoms in total. The van der Waals surface area contributed by atoms with E-state index in [0.717, 1.165) is 12.8 Å². The van der Waals surface area contributed by atoms with Crippen molar-refractivity contribution in [1.29, 1.82) is 0 Å². The van der Waals surface area contributed by atoms with Crippen molar-refractivity contribution in [2.24, 2.45) is 5.10 Å². The largest absolute Gasteiger partial charge is 0.493 e. The Morgan fingerprint density at radius 2 is 1.60 bits per heavy atom. The molecule has 0 aliphatic carbocycles. The van der Waals surface area contributed by atoms with Gasteiger partial charge in [-0.1, -0.05) is 13.3 Å². The number of hydrazone groups is 1. The molecule has 2 rings (SSSR count). The topological polar surface area (TPSA) is 95.5 Å². The van der Waals surface area contributed by atoms with E-state index >= 15 is 0 Å². The minimum Gasteiger partial charge on any atom is -0.493 e. The number of ether oxygens (including phenoxy) is 4. The molecular weight excluding hydrogens is 388 g/mol. The summed E-state index contributed by atoms with van der Waals surface area (Å²) in [6, 6.07) is 9.69. The second kappa shape index (κ2) is 11.5. The van der Waals surface area contributed by atoms with E-state index in [0.29, 0.717) is 34.8 Å². The van der Waals surface area contributed by atoms with Crippen LogP contribution in [0.4, 0.5) is 0 Å². The van der Waals surface area contributed by atoms with Crippen LogP contribution in [0, 0.1) is 0 Å². The molecule has 0 heterocycles. The standard InChI is InChI=1S/C22H26N2O6/c1-5-6-7-21(25)24-23-14-15-8-10-18(19(12-15)28-3)30-22(26)16-9-11-17(27-2)20(13-16)29-4/h8-14H,5-7H2,1-4H3,(H,24,25). The molecule has 0 aliphatic heterocycles. The molecule has 0 fully saturated rings. The van der Waals surface area contributed by atoms with Crippen molar-refractivity contribution < 1.29 is 28.5 Å². The van der Waals surface area contributed by atoms with Gasteiger partial charge < -0.3 is 18.9 Å². The number of hydrogen-bond acceptors (Lipinski definition) is 7. The first-order valence-corrected chi connectivity index (χ1v) is 9.46. The van der Waals surface area contributed by atoms with Gasteiger partial charge in [0.25, 0.3) is 0 Å². The zero-order chi connectivity index (χ0) is 21.9. The number of hydrogen-bond donors (Lipinski definition) is 1. The maximum Gasteiger partial charge on any atom is 0.343 e. The minimum absolute atomic E-state index is 0.138. The normalized spacial score (nSPS) is 10.5. The quantitative estimate of drug-likeness (QED) is 0.276. The number of unbranched alkanes of at least 4 members (excludes halogenated alkanes) is 1. The monoisotopic (exact) mass is 414 g/mol. The fraction of sp³-hybridized carbons (Fsp3) is 0.318. The van der Waals surface area contributed by atoms with Crippen molar-refractivity contribution in [3.63, 3.8) is 0 Å². The molecule has 0 unspecified atom stereocenters. The third-order valence-corrected chi connectivity index (χ3v) is 4.17. The minimum atomic E-state index is -0.571. The Hall–Kier alpha value is -3.55. The fourth-order valence-electron chi connectivity index (χ4n) is 2.54. The molecule has 1 amide bonds. The highest BCUT2D eigenvalue weighted by Gasteiger charge is 2.15. The Balaban J connectivity index is 2.09. The smallest absolute Gasteiger partial charge is 0.343 e. The molecule has 0 bridgehead atoms. The molecule has 0 aliphatic rings. The van der Waals surface area contributed by atoms with E-state index in [2.05, 4.69) is 10.5 Å². The molecule has 0 atom stereocenters. The van der Waals surface area contributed by atoms with Gasteiger partial charge in [-0.15, -0.1) is 0 Å². The van der Waals surface area contributed by atoms with Crippen molar-refractivity contribution in [3.8, 4) is 23.0 Å². The summed E-state index contributed by atoms with van der Waals surface area (Å²) in [5.74, 6) is 0.828. The SMILES string of the molecule is CCCCC(=O)NN=Cc1ccc(OC(=O)c2ccc(OC)c(OC)c2)c(OC)c1. The van der Waals surface area contributed by atoms with E-state index in [1.807, 2.05) is 6.92 Å². The maximum absolute atomic E-state index is 12.5. The van der Waals surface area contributed by atoms with Crippen LogP contribution in [-0.4, -0.2) is 39.4 Å². The van der Waals surface area contributed by atoms with Crippen LogP contribution in [0.2, 0.25) is 0 Å². The lowest BCUT2D eigenvalue weighted by molar-refractivity contribution is -0.121. The van der Waals surface area contributed by atoms with Gasteiger partial charge in [0.15, 0.2) is 23.0 Å².